The van der Waals surface area contributed by atoms with E-state index in [-0.39, 0.29) is 5.75 Å². The van der Waals surface area contributed by atoms with Crippen LogP contribution in [-0.2, 0) is 0 Å². The van der Waals surface area contributed by atoms with Gasteiger partial charge in [-0.2, -0.15) is 0 Å². The lowest BCUT2D eigenvalue weighted by Crippen LogP contribution is -2.41. The summed E-state index contributed by atoms with van der Waals surface area (Å²) in [6.07, 6.45) is -0.703. The van der Waals surface area contributed by atoms with Gasteiger partial charge in [0.1, 0.15) is 5.75 Å². The number of halogens is 1. The van der Waals surface area contributed by atoms with Crippen LogP contribution in [-0.4, -0.2) is 39.0 Å². The van der Waals surface area contributed by atoms with Crippen molar-refractivity contribution in [2.75, 3.05) is 6.54 Å². The van der Waals surface area contributed by atoms with Gasteiger partial charge in [-0.3, -0.25) is 0 Å². The summed E-state index contributed by atoms with van der Waals surface area (Å²) < 4.78 is 0.879. The Kier molecular flexibility index (Phi) is 3.97. The molecule has 2 unspecified atom stereocenters. The maximum Gasteiger partial charge on any atom is 0.407 e. The second kappa shape index (κ2) is 5.78. The molecule has 1 aliphatic heterocycles. The number of hydrogen-bond acceptors (Lipinski definition) is 3. The fourth-order valence-corrected chi connectivity index (χ4v) is 3.56. The number of rotatable bonds is 1. The van der Waals surface area contributed by atoms with Crippen molar-refractivity contribution < 1.29 is 20.1 Å². The predicted octanol–water partition coefficient (Wildman–Crippen LogP) is 3.48. The van der Waals surface area contributed by atoms with E-state index >= 15 is 0 Å². The molecule has 0 saturated carbocycles. The second-order valence-electron chi connectivity index (χ2n) is 5.54. The first-order valence-electron chi connectivity index (χ1n) is 7.06. The molecule has 0 aromatic heterocycles. The number of likely N-dealkylation sites (tertiary alicyclic amines) is 1. The normalized spacial score (nSPS) is 22.0. The summed E-state index contributed by atoms with van der Waals surface area (Å²) in [6.45, 7) is 0.303. The van der Waals surface area contributed by atoms with Gasteiger partial charge in [0.25, 0.3) is 0 Å². The molecule has 0 bridgehead atoms. The van der Waals surface area contributed by atoms with E-state index in [1.54, 1.807) is 18.2 Å². The van der Waals surface area contributed by atoms with Crippen molar-refractivity contribution in [1.29, 1.82) is 0 Å². The Morgan fingerprint density at radius 3 is 2.73 bits per heavy atom. The van der Waals surface area contributed by atoms with Crippen molar-refractivity contribution in [3.63, 3.8) is 0 Å². The highest BCUT2D eigenvalue weighted by Crippen LogP contribution is 2.38. The molecule has 22 heavy (non-hydrogen) atoms. The Morgan fingerprint density at radius 1 is 1.23 bits per heavy atom. The lowest BCUT2D eigenvalue weighted by atomic mass is 9.90. The average molecular weight is 366 g/mol. The molecule has 1 fully saturated rings. The lowest BCUT2D eigenvalue weighted by molar-refractivity contribution is 0.0429. The molecule has 3 rings (SSSR count). The highest BCUT2D eigenvalue weighted by molar-refractivity contribution is 9.10. The van der Waals surface area contributed by atoms with E-state index in [1.165, 1.54) is 4.90 Å². The van der Waals surface area contributed by atoms with E-state index < -0.39 is 18.2 Å². The molecule has 3 N–H and O–H groups in total. The third kappa shape index (κ3) is 2.64. The number of aliphatic hydroxyl groups excluding tert-OH is 1. The molecule has 1 aliphatic rings. The van der Waals surface area contributed by atoms with Crippen LogP contribution in [0.4, 0.5) is 4.79 Å². The van der Waals surface area contributed by atoms with E-state index in [0.717, 1.165) is 20.8 Å². The minimum Gasteiger partial charge on any atom is -0.508 e. The summed E-state index contributed by atoms with van der Waals surface area (Å²) in [4.78, 5) is 12.9. The van der Waals surface area contributed by atoms with Crippen LogP contribution in [0.1, 0.15) is 24.4 Å². The number of phenolic OH excluding ortho intramolecular Hbond substituents is 1. The van der Waals surface area contributed by atoms with Crippen LogP contribution >= 0.6 is 15.9 Å². The van der Waals surface area contributed by atoms with E-state index in [1.807, 2.05) is 12.1 Å². The Hall–Kier alpha value is -1.79. The summed E-state index contributed by atoms with van der Waals surface area (Å²) >= 11 is 3.47. The molecular formula is C16H16BrNO4. The molecule has 1 amide bonds. The van der Waals surface area contributed by atoms with Crippen molar-refractivity contribution >= 4 is 32.8 Å². The quantitative estimate of drug-likeness (QED) is 0.722. The zero-order chi connectivity index (χ0) is 15.9. The molecule has 0 aliphatic carbocycles. The van der Waals surface area contributed by atoms with Crippen LogP contribution in [0.15, 0.2) is 34.8 Å². The fourth-order valence-electron chi connectivity index (χ4n) is 3.08. The number of aromatic hydroxyl groups is 1. The first kappa shape index (κ1) is 15.1. The smallest absolute Gasteiger partial charge is 0.407 e. The molecule has 116 valence electrons. The standard InChI is InChI=1S/C16H16BrNO4/c17-14-4-3-12(13-7-9(19)1-2-11(13)14)15-8-10(20)5-6-18(15)16(21)22/h1-4,7,10,15,19-20H,5-6,8H2,(H,21,22). The van der Waals surface area contributed by atoms with Gasteiger partial charge in [-0.1, -0.05) is 22.0 Å². The van der Waals surface area contributed by atoms with Crippen LogP contribution in [0.5, 0.6) is 5.75 Å². The van der Waals surface area contributed by atoms with Crippen molar-refractivity contribution in [3.8, 4) is 5.75 Å². The number of fused-ring (bicyclic) bond motifs is 1. The second-order valence-corrected chi connectivity index (χ2v) is 6.39. The average Bonchev–Trinajstić information content (AvgIpc) is 2.47. The number of carbonyl (C=O) groups is 1. The van der Waals surface area contributed by atoms with E-state index in [9.17, 15) is 20.1 Å². The van der Waals surface area contributed by atoms with Crippen molar-refractivity contribution in [1.82, 2.24) is 4.90 Å². The summed E-state index contributed by atoms with van der Waals surface area (Å²) in [5.74, 6) is 0.130. The zero-order valence-corrected chi connectivity index (χ0v) is 13.3. The molecule has 0 spiro atoms. The molecule has 2 aromatic rings. The van der Waals surface area contributed by atoms with Gasteiger partial charge in [0.15, 0.2) is 0 Å². The minimum atomic E-state index is -0.992. The number of piperidine rings is 1. The van der Waals surface area contributed by atoms with E-state index in [2.05, 4.69) is 15.9 Å². The maximum absolute atomic E-state index is 11.5. The topological polar surface area (TPSA) is 81.0 Å². The Balaban J connectivity index is 2.17. The van der Waals surface area contributed by atoms with E-state index in [0.29, 0.717) is 19.4 Å². The van der Waals surface area contributed by atoms with Gasteiger partial charge in [0.2, 0.25) is 0 Å². The number of aliphatic hydroxyl groups is 1. The van der Waals surface area contributed by atoms with Gasteiger partial charge in [-0.15, -0.1) is 0 Å². The number of nitrogens with zero attached hydrogens (tertiary/aromatic N) is 1. The fraction of sp³-hybridized carbons (Fsp3) is 0.312. The Bertz CT molecular complexity index is 733. The van der Waals surface area contributed by atoms with Crippen LogP contribution in [0.25, 0.3) is 10.8 Å². The van der Waals surface area contributed by atoms with Crippen molar-refractivity contribution in [3.05, 3.63) is 40.4 Å². The Labute approximate surface area is 135 Å². The summed E-state index contributed by atoms with van der Waals surface area (Å²) in [7, 11) is 0. The molecular weight excluding hydrogens is 350 g/mol. The van der Waals surface area contributed by atoms with Crippen molar-refractivity contribution in [2.24, 2.45) is 0 Å². The first-order chi connectivity index (χ1) is 10.5. The maximum atomic E-state index is 11.5. The summed E-state index contributed by atoms with van der Waals surface area (Å²) in [5, 5.41) is 30.8. The largest absolute Gasteiger partial charge is 0.508 e. The number of amides is 1. The molecule has 5 nitrogen and oxygen atoms in total. The SMILES string of the molecule is O=C(O)N1CCC(O)CC1c1ccc(Br)c2ccc(O)cc12. The van der Waals surface area contributed by atoms with Gasteiger partial charge in [0.05, 0.1) is 12.1 Å². The molecule has 6 heteroatoms. The molecule has 0 radical (unpaired) electrons. The van der Waals surface area contributed by atoms with E-state index in [4.69, 9.17) is 0 Å². The minimum absolute atomic E-state index is 0.130. The van der Waals surface area contributed by atoms with Crippen LogP contribution in [0, 0.1) is 0 Å². The highest BCUT2D eigenvalue weighted by Gasteiger charge is 2.32. The van der Waals surface area contributed by atoms with Crippen LogP contribution in [0.2, 0.25) is 0 Å². The monoisotopic (exact) mass is 365 g/mol. The number of carboxylic acid groups (broad SMARTS) is 1. The van der Waals surface area contributed by atoms with Gasteiger partial charge in [-0.05, 0) is 53.4 Å². The first-order valence-corrected chi connectivity index (χ1v) is 7.85. The van der Waals surface area contributed by atoms with Gasteiger partial charge >= 0.3 is 6.09 Å². The van der Waals surface area contributed by atoms with Crippen LogP contribution < -0.4 is 0 Å². The third-order valence-corrected chi connectivity index (χ3v) is 4.85. The van der Waals surface area contributed by atoms with Crippen LogP contribution in [0.3, 0.4) is 0 Å². The number of hydrogen-bond donors (Lipinski definition) is 3. The predicted molar refractivity (Wildman–Crippen MR) is 86.0 cm³/mol. The number of phenols is 1. The molecule has 2 aromatic carbocycles. The summed E-state index contributed by atoms with van der Waals surface area (Å²) in [5.41, 5.74) is 0.801. The molecule has 1 saturated heterocycles. The van der Waals surface area contributed by atoms with Gasteiger partial charge in [-0.25, -0.2) is 4.79 Å². The Morgan fingerprint density at radius 2 is 2.00 bits per heavy atom. The number of benzene rings is 2. The van der Waals surface area contributed by atoms with Gasteiger partial charge in [0, 0.05) is 11.0 Å². The lowest BCUT2D eigenvalue weighted by Gasteiger charge is -2.36. The highest BCUT2D eigenvalue weighted by atomic mass is 79.9. The summed E-state index contributed by atoms with van der Waals surface area (Å²) in [6, 6.07) is 8.33. The van der Waals surface area contributed by atoms with Gasteiger partial charge < -0.3 is 20.2 Å². The van der Waals surface area contributed by atoms with Crippen molar-refractivity contribution in [2.45, 2.75) is 25.0 Å². The molecule has 2 atom stereocenters. The zero-order valence-electron chi connectivity index (χ0n) is 11.7. The third-order valence-electron chi connectivity index (χ3n) is 4.16. The molecule has 1 heterocycles.